The van der Waals surface area contributed by atoms with E-state index >= 15 is 0 Å². The number of ether oxygens (including phenoxy) is 1. The van der Waals surface area contributed by atoms with E-state index in [4.69, 9.17) is 16.3 Å². The van der Waals surface area contributed by atoms with Gasteiger partial charge in [0.2, 0.25) is 0 Å². The molecule has 1 saturated carbocycles. The Morgan fingerprint density at radius 1 is 1.19 bits per heavy atom. The van der Waals surface area contributed by atoms with Crippen molar-refractivity contribution in [1.82, 2.24) is 5.43 Å². The van der Waals surface area contributed by atoms with Gasteiger partial charge >= 0.3 is 0 Å². The summed E-state index contributed by atoms with van der Waals surface area (Å²) < 4.78 is 5.74. The van der Waals surface area contributed by atoms with Gasteiger partial charge in [-0.05, 0) is 74.8 Å². The number of halogens is 1. The Bertz CT molecular complexity index is 810. The van der Waals surface area contributed by atoms with Crippen LogP contribution < -0.4 is 10.2 Å². The number of nitrogens with one attached hydrogen (secondary N) is 1. The van der Waals surface area contributed by atoms with E-state index in [1.165, 1.54) is 5.56 Å². The second-order valence-corrected chi connectivity index (χ2v) is 7.45. The van der Waals surface area contributed by atoms with Crippen LogP contribution in [0.1, 0.15) is 49.7 Å². The summed E-state index contributed by atoms with van der Waals surface area (Å²) in [6.07, 6.45) is 3.31. The van der Waals surface area contributed by atoms with Crippen LogP contribution in [-0.2, 0) is 4.79 Å². The van der Waals surface area contributed by atoms with Crippen LogP contribution in [-0.4, -0.2) is 17.7 Å². The summed E-state index contributed by atoms with van der Waals surface area (Å²) in [6.45, 7) is 3.62. The summed E-state index contributed by atoms with van der Waals surface area (Å²) in [6, 6.07) is 15.9. The number of aryl methyl sites for hydroxylation is 1. The first-order chi connectivity index (χ1) is 13.0. The Labute approximate surface area is 165 Å². The Balaban J connectivity index is 1.49. The van der Waals surface area contributed by atoms with E-state index in [-0.39, 0.29) is 5.91 Å². The van der Waals surface area contributed by atoms with Gasteiger partial charge in [-0.3, -0.25) is 4.79 Å². The first kappa shape index (κ1) is 19.4. The Kier molecular flexibility index (Phi) is 6.51. The monoisotopic (exact) mass is 384 g/mol. The third kappa shape index (κ3) is 5.33. The average Bonchev–Trinajstić information content (AvgIpc) is 2.69. The summed E-state index contributed by atoms with van der Waals surface area (Å²) in [5, 5.41) is 4.97. The number of hydrogen-bond donors (Lipinski definition) is 1. The number of hydrazone groups is 1. The quantitative estimate of drug-likeness (QED) is 0.716. The van der Waals surface area contributed by atoms with Gasteiger partial charge in [-0.1, -0.05) is 41.9 Å². The van der Waals surface area contributed by atoms with Gasteiger partial charge in [0.15, 0.2) is 6.10 Å². The van der Waals surface area contributed by atoms with Gasteiger partial charge in [-0.15, -0.1) is 0 Å². The van der Waals surface area contributed by atoms with Crippen LogP contribution in [0.2, 0.25) is 5.02 Å². The lowest BCUT2D eigenvalue weighted by Crippen LogP contribution is -2.34. The lowest BCUT2D eigenvalue weighted by atomic mass is 9.83. The number of nitrogens with zero attached hydrogens (tertiary/aromatic N) is 1. The number of hydrogen-bond acceptors (Lipinski definition) is 3. The van der Waals surface area contributed by atoms with Crippen LogP contribution in [0.5, 0.6) is 5.75 Å². The van der Waals surface area contributed by atoms with Crippen molar-refractivity contribution in [2.45, 2.75) is 51.6 Å². The Morgan fingerprint density at radius 3 is 2.56 bits per heavy atom. The normalized spacial score (nSPS) is 17.9. The predicted molar refractivity (Wildman–Crippen MR) is 110 cm³/mol. The van der Waals surface area contributed by atoms with E-state index in [9.17, 15) is 4.79 Å². The largest absolute Gasteiger partial charge is 0.481 e. The molecule has 0 heterocycles. The maximum absolute atomic E-state index is 12.3. The lowest BCUT2D eigenvalue weighted by Gasteiger charge is -2.23. The zero-order valence-corrected chi connectivity index (χ0v) is 16.5. The minimum absolute atomic E-state index is 0.248. The molecular weight excluding hydrogens is 360 g/mol. The fourth-order valence-electron chi connectivity index (χ4n) is 3.34. The molecule has 1 amide bonds. The van der Waals surface area contributed by atoms with E-state index in [0.717, 1.165) is 37.0 Å². The third-order valence-electron chi connectivity index (χ3n) is 4.97. The summed E-state index contributed by atoms with van der Waals surface area (Å²) in [5.41, 5.74) is 5.99. The molecule has 0 spiro atoms. The first-order valence-corrected chi connectivity index (χ1v) is 9.74. The van der Waals surface area contributed by atoms with Crippen LogP contribution in [0, 0.1) is 6.92 Å². The molecule has 0 bridgehead atoms. The summed E-state index contributed by atoms with van der Waals surface area (Å²) in [7, 11) is 0. The van der Waals surface area contributed by atoms with Gasteiger partial charge in [0.25, 0.3) is 5.91 Å². The van der Waals surface area contributed by atoms with Crippen LogP contribution in [0.15, 0.2) is 53.6 Å². The van der Waals surface area contributed by atoms with Crippen molar-refractivity contribution in [3.63, 3.8) is 0 Å². The molecule has 0 aromatic heterocycles. The van der Waals surface area contributed by atoms with Crippen LogP contribution in [0.3, 0.4) is 0 Å². The van der Waals surface area contributed by atoms with E-state index in [1.54, 1.807) is 19.1 Å². The van der Waals surface area contributed by atoms with E-state index in [2.05, 4.69) is 34.8 Å². The van der Waals surface area contributed by atoms with Crippen LogP contribution >= 0.6 is 11.6 Å². The van der Waals surface area contributed by atoms with Crippen molar-refractivity contribution < 1.29 is 9.53 Å². The number of rotatable bonds is 5. The fourth-order valence-corrected chi connectivity index (χ4v) is 3.56. The molecule has 2 aromatic rings. The molecule has 0 aliphatic heterocycles. The van der Waals surface area contributed by atoms with E-state index in [0.29, 0.717) is 16.7 Å². The van der Waals surface area contributed by atoms with Gasteiger partial charge in [0.05, 0.1) is 0 Å². The molecule has 2 aromatic carbocycles. The van der Waals surface area contributed by atoms with Gasteiger partial charge in [-0.2, -0.15) is 5.10 Å². The standard InChI is InChI=1S/C22H25ClN2O2/c1-15-14-19(23)10-13-21(15)27-16(2)22(26)25-24-20-11-8-18(9-12-20)17-6-4-3-5-7-17/h3-7,10,13-14,16,18H,8-9,11-12H2,1-2H3,(H,25,26). The maximum atomic E-state index is 12.3. The van der Waals surface area contributed by atoms with Crippen molar-refractivity contribution in [2.75, 3.05) is 0 Å². The van der Waals surface area contributed by atoms with E-state index < -0.39 is 6.10 Å². The molecule has 1 aliphatic carbocycles. The van der Waals surface area contributed by atoms with Crippen molar-refractivity contribution in [3.05, 3.63) is 64.7 Å². The highest BCUT2D eigenvalue weighted by molar-refractivity contribution is 6.30. The summed E-state index contributed by atoms with van der Waals surface area (Å²) >= 11 is 5.95. The molecule has 1 unspecified atom stereocenters. The minimum Gasteiger partial charge on any atom is -0.481 e. The number of carbonyl (C=O) groups is 1. The van der Waals surface area contributed by atoms with Crippen molar-refractivity contribution in [3.8, 4) is 5.75 Å². The Morgan fingerprint density at radius 2 is 1.89 bits per heavy atom. The second-order valence-electron chi connectivity index (χ2n) is 7.01. The molecule has 1 aliphatic rings. The zero-order valence-electron chi connectivity index (χ0n) is 15.7. The summed E-state index contributed by atoms with van der Waals surface area (Å²) in [5.74, 6) is 0.982. The van der Waals surface area contributed by atoms with Crippen LogP contribution in [0.25, 0.3) is 0 Å². The van der Waals surface area contributed by atoms with Crippen molar-refractivity contribution in [2.24, 2.45) is 5.10 Å². The third-order valence-corrected chi connectivity index (χ3v) is 5.20. The highest BCUT2D eigenvalue weighted by Crippen LogP contribution is 2.31. The molecule has 4 nitrogen and oxygen atoms in total. The highest BCUT2D eigenvalue weighted by Gasteiger charge is 2.20. The molecule has 5 heteroatoms. The summed E-state index contributed by atoms with van der Waals surface area (Å²) in [4.78, 5) is 12.3. The highest BCUT2D eigenvalue weighted by atomic mass is 35.5. The Hall–Kier alpha value is -2.33. The first-order valence-electron chi connectivity index (χ1n) is 9.36. The smallest absolute Gasteiger partial charge is 0.280 e. The van der Waals surface area contributed by atoms with Gasteiger partial charge < -0.3 is 4.74 Å². The molecule has 142 valence electrons. The van der Waals surface area contributed by atoms with Crippen LogP contribution in [0.4, 0.5) is 0 Å². The molecule has 3 rings (SSSR count). The number of benzene rings is 2. The number of carbonyl (C=O) groups excluding carboxylic acids is 1. The SMILES string of the molecule is Cc1cc(Cl)ccc1OC(C)C(=O)NN=C1CCC(c2ccccc2)CC1. The van der Waals surface area contributed by atoms with E-state index in [1.807, 2.05) is 19.1 Å². The lowest BCUT2D eigenvalue weighted by molar-refractivity contribution is -0.127. The number of amides is 1. The average molecular weight is 385 g/mol. The fraction of sp³-hybridized carbons (Fsp3) is 0.364. The van der Waals surface area contributed by atoms with Crippen molar-refractivity contribution >= 4 is 23.2 Å². The zero-order chi connectivity index (χ0) is 19.2. The van der Waals surface area contributed by atoms with Gasteiger partial charge in [0.1, 0.15) is 5.75 Å². The molecular formula is C22H25ClN2O2. The molecule has 1 atom stereocenters. The molecule has 0 radical (unpaired) electrons. The molecule has 1 fully saturated rings. The topological polar surface area (TPSA) is 50.7 Å². The molecule has 1 N–H and O–H groups in total. The molecule has 0 saturated heterocycles. The maximum Gasteiger partial charge on any atom is 0.280 e. The predicted octanol–water partition coefficient (Wildman–Crippen LogP) is 5.25. The van der Waals surface area contributed by atoms with Gasteiger partial charge in [-0.25, -0.2) is 5.43 Å². The second kappa shape index (κ2) is 9.05. The van der Waals surface area contributed by atoms with Gasteiger partial charge in [0, 0.05) is 10.7 Å². The minimum atomic E-state index is -0.630. The van der Waals surface area contributed by atoms with Crippen molar-refractivity contribution in [1.29, 1.82) is 0 Å². The molecule has 27 heavy (non-hydrogen) atoms.